The molecule has 0 saturated heterocycles. The lowest BCUT2D eigenvalue weighted by molar-refractivity contribution is -0.128. The van der Waals surface area contributed by atoms with E-state index in [0.29, 0.717) is 0 Å². The molecule has 0 spiro atoms. The summed E-state index contributed by atoms with van der Waals surface area (Å²) in [6, 6.07) is 13.5. The normalized spacial score (nSPS) is 16.7. The summed E-state index contributed by atoms with van der Waals surface area (Å²) in [5, 5.41) is 5.13. The first-order valence-corrected chi connectivity index (χ1v) is 8.70. The molecule has 0 unspecified atom stereocenters. The molecule has 1 atom stereocenters. The maximum Gasteiger partial charge on any atom is 0.240 e. The molecule has 1 aliphatic rings. The van der Waals surface area contributed by atoms with Crippen LogP contribution in [0.5, 0.6) is 0 Å². The van der Waals surface area contributed by atoms with Crippen LogP contribution < -0.4 is 11.1 Å². The van der Waals surface area contributed by atoms with Crippen LogP contribution in [0.4, 0.5) is 0 Å². The Morgan fingerprint density at radius 3 is 2.46 bits per heavy atom. The summed E-state index contributed by atoms with van der Waals surface area (Å²) in [7, 11) is 0. The maximum absolute atomic E-state index is 12.4. The summed E-state index contributed by atoms with van der Waals surface area (Å²) in [6.07, 6.45) is 5.60. The minimum absolute atomic E-state index is 0.139. The number of carbonyl (C=O) groups is 2. The van der Waals surface area contributed by atoms with E-state index in [4.69, 9.17) is 5.73 Å². The van der Waals surface area contributed by atoms with Gasteiger partial charge in [-0.3, -0.25) is 9.59 Å². The molecule has 0 radical (unpaired) electrons. The SMILES string of the molecule is NC(=O)[C@H](NC(=O)Cc1ccc2ccccc2c1)C1CCCCC1. The molecule has 0 aromatic heterocycles. The highest BCUT2D eigenvalue weighted by molar-refractivity contribution is 5.89. The number of fused-ring (bicyclic) bond motifs is 1. The third-order valence-corrected chi connectivity index (χ3v) is 4.92. The second-order valence-electron chi connectivity index (χ2n) is 6.70. The van der Waals surface area contributed by atoms with E-state index in [1.54, 1.807) is 0 Å². The first-order chi connectivity index (χ1) is 11.6. The Morgan fingerprint density at radius 1 is 1.04 bits per heavy atom. The van der Waals surface area contributed by atoms with Gasteiger partial charge in [0.05, 0.1) is 6.42 Å². The van der Waals surface area contributed by atoms with Gasteiger partial charge in [0.25, 0.3) is 0 Å². The Hall–Kier alpha value is -2.36. The molecule has 1 aliphatic carbocycles. The minimum atomic E-state index is -0.543. The topological polar surface area (TPSA) is 72.2 Å². The fourth-order valence-electron chi connectivity index (χ4n) is 3.65. The van der Waals surface area contributed by atoms with E-state index in [2.05, 4.69) is 5.32 Å². The summed E-state index contributed by atoms with van der Waals surface area (Å²) in [6.45, 7) is 0. The molecule has 2 aromatic carbocycles. The monoisotopic (exact) mass is 324 g/mol. The molecule has 4 heteroatoms. The van der Waals surface area contributed by atoms with Crippen LogP contribution in [-0.2, 0) is 16.0 Å². The van der Waals surface area contributed by atoms with Crippen LogP contribution in [0.2, 0.25) is 0 Å². The predicted octanol–water partition coefficient (Wildman–Crippen LogP) is 2.93. The first kappa shape index (κ1) is 16.5. The molecule has 0 heterocycles. The largest absolute Gasteiger partial charge is 0.368 e. The highest BCUT2D eigenvalue weighted by Gasteiger charge is 2.29. The van der Waals surface area contributed by atoms with Crippen molar-refractivity contribution in [3.63, 3.8) is 0 Å². The summed E-state index contributed by atoms with van der Waals surface area (Å²) >= 11 is 0. The van der Waals surface area contributed by atoms with Crippen molar-refractivity contribution in [2.75, 3.05) is 0 Å². The number of amides is 2. The molecular weight excluding hydrogens is 300 g/mol. The van der Waals surface area contributed by atoms with Gasteiger partial charge in [0.1, 0.15) is 6.04 Å². The zero-order chi connectivity index (χ0) is 16.9. The number of hydrogen-bond donors (Lipinski definition) is 2. The molecule has 0 bridgehead atoms. The lowest BCUT2D eigenvalue weighted by Crippen LogP contribution is -2.50. The molecule has 3 rings (SSSR count). The number of hydrogen-bond acceptors (Lipinski definition) is 2. The second-order valence-corrected chi connectivity index (χ2v) is 6.70. The van der Waals surface area contributed by atoms with Crippen LogP contribution in [0.1, 0.15) is 37.7 Å². The van der Waals surface area contributed by atoms with Crippen molar-refractivity contribution in [3.8, 4) is 0 Å². The van der Waals surface area contributed by atoms with Gasteiger partial charge in [-0.2, -0.15) is 0 Å². The van der Waals surface area contributed by atoms with Crippen molar-refractivity contribution >= 4 is 22.6 Å². The van der Waals surface area contributed by atoms with Crippen LogP contribution >= 0.6 is 0 Å². The number of primary amides is 1. The quantitative estimate of drug-likeness (QED) is 0.887. The van der Waals surface area contributed by atoms with Crippen LogP contribution in [0.15, 0.2) is 42.5 Å². The highest BCUT2D eigenvalue weighted by atomic mass is 16.2. The fraction of sp³-hybridized carbons (Fsp3) is 0.400. The lowest BCUT2D eigenvalue weighted by atomic mass is 9.83. The summed E-state index contributed by atoms with van der Waals surface area (Å²) in [5.41, 5.74) is 6.47. The van der Waals surface area contributed by atoms with Crippen LogP contribution in [0.3, 0.4) is 0 Å². The van der Waals surface area contributed by atoms with E-state index in [0.717, 1.165) is 42.0 Å². The molecule has 2 amide bonds. The van der Waals surface area contributed by atoms with Gasteiger partial charge >= 0.3 is 0 Å². The van der Waals surface area contributed by atoms with Crippen molar-refractivity contribution < 1.29 is 9.59 Å². The standard InChI is InChI=1S/C20H24N2O2/c21-20(24)19(16-7-2-1-3-8-16)22-18(23)13-14-10-11-15-6-4-5-9-17(15)12-14/h4-6,9-12,16,19H,1-3,7-8,13H2,(H2,21,24)(H,22,23)/t19-/m1/s1. The number of benzene rings is 2. The Labute approximate surface area is 142 Å². The van der Waals surface area contributed by atoms with E-state index >= 15 is 0 Å². The van der Waals surface area contributed by atoms with Gasteiger partial charge in [-0.25, -0.2) is 0 Å². The minimum Gasteiger partial charge on any atom is -0.368 e. The van der Waals surface area contributed by atoms with E-state index in [1.165, 1.54) is 6.42 Å². The van der Waals surface area contributed by atoms with E-state index in [-0.39, 0.29) is 18.2 Å². The van der Waals surface area contributed by atoms with Gasteiger partial charge in [-0.15, -0.1) is 0 Å². The molecular formula is C20H24N2O2. The zero-order valence-electron chi connectivity index (χ0n) is 13.8. The lowest BCUT2D eigenvalue weighted by Gasteiger charge is -2.28. The van der Waals surface area contributed by atoms with Crippen molar-refractivity contribution in [3.05, 3.63) is 48.0 Å². The predicted molar refractivity (Wildman–Crippen MR) is 95.4 cm³/mol. The number of nitrogens with two attached hydrogens (primary N) is 1. The third kappa shape index (κ3) is 3.94. The second kappa shape index (κ2) is 7.47. The molecule has 1 fully saturated rings. The van der Waals surface area contributed by atoms with E-state index in [9.17, 15) is 9.59 Å². The molecule has 24 heavy (non-hydrogen) atoms. The fourth-order valence-corrected chi connectivity index (χ4v) is 3.65. The van der Waals surface area contributed by atoms with Crippen LogP contribution in [0, 0.1) is 5.92 Å². The molecule has 2 aromatic rings. The Morgan fingerprint density at radius 2 is 1.75 bits per heavy atom. The number of rotatable bonds is 5. The smallest absolute Gasteiger partial charge is 0.240 e. The van der Waals surface area contributed by atoms with Crippen molar-refractivity contribution in [1.82, 2.24) is 5.32 Å². The van der Waals surface area contributed by atoms with Crippen molar-refractivity contribution in [1.29, 1.82) is 0 Å². The molecule has 4 nitrogen and oxygen atoms in total. The zero-order valence-corrected chi connectivity index (χ0v) is 13.8. The molecule has 0 aliphatic heterocycles. The highest BCUT2D eigenvalue weighted by Crippen LogP contribution is 2.26. The summed E-state index contributed by atoms with van der Waals surface area (Å²) in [5.74, 6) is -0.384. The maximum atomic E-state index is 12.4. The van der Waals surface area contributed by atoms with Gasteiger partial charge in [0, 0.05) is 0 Å². The van der Waals surface area contributed by atoms with E-state index < -0.39 is 11.9 Å². The molecule has 3 N–H and O–H groups in total. The van der Waals surface area contributed by atoms with Crippen LogP contribution in [-0.4, -0.2) is 17.9 Å². The van der Waals surface area contributed by atoms with Crippen LogP contribution in [0.25, 0.3) is 10.8 Å². The number of carbonyl (C=O) groups excluding carboxylic acids is 2. The third-order valence-electron chi connectivity index (χ3n) is 4.92. The van der Waals surface area contributed by atoms with Crippen molar-refractivity contribution in [2.24, 2.45) is 11.7 Å². The number of nitrogens with one attached hydrogen (secondary N) is 1. The van der Waals surface area contributed by atoms with Crippen molar-refractivity contribution in [2.45, 2.75) is 44.6 Å². The summed E-state index contributed by atoms with van der Waals surface area (Å²) < 4.78 is 0. The summed E-state index contributed by atoms with van der Waals surface area (Å²) in [4.78, 5) is 24.2. The van der Waals surface area contributed by atoms with Gasteiger partial charge in [0.15, 0.2) is 0 Å². The first-order valence-electron chi connectivity index (χ1n) is 8.70. The molecule has 126 valence electrons. The van der Waals surface area contributed by atoms with E-state index in [1.807, 2.05) is 42.5 Å². The van der Waals surface area contributed by atoms with Gasteiger partial charge in [-0.05, 0) is 35.1 Å². The average Bonchev–Trinajstić information content (AvgIpc) is 2.60. The average molecular weight is 324 g/mol. The molecule has 1 saturated carbocycles. The Balaban J connectivity index is 1.67. The Kier molecular flexibility index (Phi) is 5.14. The van der Waals surface area contributed by atoms with Gasteiger partial charge in [-0.1, -0.05) is 61.7 Å². The van der Waals surface area contributed by atoms with Gasteiger partial charge < -0.3 is 11.1 Å². The van der Waals surface area contributed by atoms with Gasteiger partial charge in [0.2, 0.25) is 11.8 Å². The Bertz CT molecular complexity index is 735.